The van der Waals surface area contributed by atoms with E-state index in [-0.39, 0.29) is 12.0 Å². The standard InChI is InChI=1S/C12H25NO2/c1-4-10(8-15-3)13-11-6-5-7-12(11,2)9-14/h10-11,13-14H,4-9H2,1-3H3. The number of aliphatic hydroxyl groups excluding tert-OH is 1. The van der Waals surface area contributed by atoms with Crippen LogP contribution in [-0.2, 0) is 4.74 Å². The lowest BCUT2D eigenvalue weighted by Gasteiger charge is -2.33. The molecule has 2 N–H and O–H groups in total. The molecule has 0 bridgehead atoms. The van der Waals surface area contributed by atoms with E-state index in [1.807, 2.05) is 0 Å². The predicted octanol–water partition coefficient (Wildman–Crippen LogP) is 1.55. The molecule has 3 heteroatoms. The van der Waals surface area contributed by atoms with E-state index in [0.29, 0.717) is 12.1 Å². The van der Waals surface area contributed by atoms with Crippen molar-refractivity contribution in [1.29, 1.82) is 0 Å². The molecule has 1 aliphatic carbocycles. The molecule has 0 radical (unpaired) electrons. The van der Waals surface area contributed by atoms with E-state index in [4.69, 9.17) is 4.74 Å². The van der Waals surface area contributed by atoms with Gasteiger partial charge in [-0.3, -0.25) is 0 Å². The van der Waals surface area contributed by atoms with Crippen LogP contribution in [0.3, 0.4) is 0 Å². The van der Waals surface area contributed by atoms with Crippen LogP contribution < -0.4 is 5.32 Å². The van der Waals surface area contributed by atoms with E-state index in [1.54, 1.807) is 7.11 Å². The molecule has 0 aliphatic heterocycles. The Morgan fingerprint density at radius 2 is 2.33 bits per heavy atom. The van der Waals surface area contributed by atoms with Gasteiger partial charge in [0.25, 0.3) is 0 Å². The average Bonchev–Trinajstić information content (AvgIpc) is 2.60. The summed E-state index contributed by atoms with van der Waals surface area (Å²) in [5, 5.41) is 13.1. The minimum Gasteiger partial charge on any atom is -0.396 e. The van der Waals surface area contributed by atoms with E-state index in [1.165, 1.54) is 12.8 Å². The predicted molar refractivity (Wildman–Crippen MR) is 61.9 cm³/mol. The average molecular weight is 215 g/mol. The molecule has 3 atom stereocenters. The van der Waals surface area contributed by atoms with Crippen LogP contribution in [-0.4, -0.2) is 37.5 Å². The van der Waals surface area contributed by atoms with Crippen molar-refractivity contribution in [3.05, 3.63) is 0 Å². The van der Waals surface area contributed by atoms with E-state index in [2.05, 4.69) is 19.2 Å². The Hall–Kier alpha value is -0.120. The second-order valence-corrected chi connectivity index (χ2v) is 4.98. The summed E-state index contributed by atoms with van der Waals surface area (Å²) >= 11 is 0. The van der Waals surface area contributed by atoms with Gasteiger partial charge in [0.15, 0.2) is 0 Å². The van der Waals surface area contributed by atoms with Crippen molar-refractivity contribution >= 4 is 0 Å². The summed E-state index contributed by atoms with van der Waals surface area (Å²) in [5.74, 6) is 0. The van der Waals surface area contributed by atoms with Crippen LogP contribution in [0.2, 0.25) is 0 Å². The number of hydrogen-bond donors (Lipinski definition) is 2. The first kappa shape index (κ1) is 12.9. The van der Waals surface area contributed by atoms with Gasteiger partial charge in [0.2, 0.25) is 0 Å². The summed E-state index contributed by atoms with van der Waals surface area (Å²) in [4.78, 5) is 0. The van der Waals surface area contributed by atoms with Crippen LogP contribution in [0, 0.1) is 5.41 Å². The first-order chi connectivity index (χ1) is 7.16. The van der Waals surface area contributed by atoms with Crippen molar-refractivity contribution in [3.63, 3.8) is 0 Å². The minimum absolute atomic E-state index is 0.0706. The Balaban J connectivity index is 2.48. The fraction of sp³-hybridized carbons (Fsp3) is 1.00. The van der Waals surface area contributed by atoms with Crippen LogP contribution in [0.5, 0.6) is 0 Å². The molecule has 15 heavy (non-hydrogen) atoms. The third kappa shape index (κ3) is 3.16. The maximum atomic E-state index is 9.44. The fourth-order valence-corrected chi connectivity index (χ4v) is 2.48. The normalized spacial score (nSPS) is 33.2. The number of aliphatic hydroxyl groups is 1. The molecular weight excluding hydrogens is 190 g/mol. The van der Waals surface area contributed by atoms with E-state index in [9.17, 15) is 5.11 Å². The molecule has 90 valence electrons. The van der Waals surface area contributed by atoms with Gasteiger partial charge < -0.3 is 15.2 Å². The Kier molecular flexibility index (Phi) is 5.03. The van der Waals surface area contributed by atoms with Crippen LogP contribution >= 0.6 is 0 Å². The molecular formula is C12H25NO2. The smallest absolute Gasteiger partial charge is 0.0615 e. The van der Waals surface area contributed by atoms with Gasteiger partial charge in [0, 0.05) is 31.2 Å². The van der Waals surface area contributed by atoms with E-state index >= 15 is 0 Å². The Labute approximate surface area is 93.2 Å². The molecule has 0 spiro atoms. The fourth-order valence-electron chi connectivity index (χ4n) is 2.48. The van der Waals surface area contributed by atoms with Gasteiger partial charge in [-0.1, -0.05) is 20.3 Å². The van der Waals surface area contributed by atoms with Crippen LogP contribution in [0.25, 0.3) is 0 Å². The zero-order chi connectivity index (χ0) is 11.3. The molecule has 3 nitrogen and oxygen atoms in total. The molecule has 3 unspecified atom stereocenters. The third-order valence-electron chi connectivity index (χ3n) is 3.74. The van der Waals surface area contributed by atoms with Gasteiger partial charge >= 0.3 is 0 Å². The zero-order valence-electron chi connectivity index (χ0n) is 10.3. The number of ether oxygens (including phenoxy) is 1. The lowest BCUT2D eigenvalue weighted by atomic mass is 9.85. The van der Waals surface area contributed by atoms with Crippen molar-refractivity contribution in [1.82, 2.24) is 5.32 Å². The molecule has 0 heterocycles. The highest BCUT2D eigenvalue weighted by molar-refractivity contribution is 4.94. The molecule has 1 fully saturated rings. The van der Waals surface area contributed by atoms with Gasteiger partial charge in [-0.05, 0) is 19.3 Å². The lowest BCUT2D eigenvalue weighted by Crippen LogP contribution is -2.48. The molecule has 1 saturated carbocycles. The highest BCUT2D eigenvalue weighted by Crippen LogP contribution is 2.37. The van der Waals surface area contributed by atoms with Crippen molar-refractivity contribution in [2.45, 2.75) is 51.6 Å². The summed E-state index contributed by atoms with van der Waals surface area (Å²) in [7, 11) is 1.74. The Morgan fingerprint density at radius 3 is 2.87 bits per heavy atom. The number of methoxy groups -OCH3 is 1. The maximum absolute atomic E-state index is 9.44. The topological polar surface area (TPSA) is 41.5 Å². The molecule has 0 amide bonds. The van der Waals surface area contributed by atoms with Gasteiger partial charge in [-0.25, -0.2) is 0 Å². The molecule has 1 rings (SSSR count). The van der Waals surface area contributed by atoms with Crippen molar-refractivity contribution in [2.75, 3.05) is 20.3 Å². The molecule has 0 aromatic rings. The first-order valence-corrected chi connectivity index (χ1v) is 6.02. The van der Waals surface area contributed by atoms with E-state index in [0.717, 1.165) is 19.4 Å². The lowest BCUT2D eigenvalue weighted by molar-refractivity contribution is 0.0970. The van der Waals surface area contributed by atoms with Gasteiger partial charge in [-0.2, -0.15) is 0 Å². The summed E-state index contributed by atoms with van der Waals surface area (Å²) in [6.07, 6.45) is 4.60. The highest BCUT2D eigenvalue weighted by atomic mass is 16.5. The molecule has 1 aliphatic rings. The largest absolute Gasteiger partial charge is 0.396 e. The van der Waals surface area contributed by atoms with Crippen LogP contribution in [0.4, 0.5) is 0 Å². The quantitative estimate of drug-likeness (QED) is 0.706. The maximum Gasteiger partial charge on any atom is 0.0615 e. The zero-order valence-corrected chi connectivity index (χ0v) is 10.3. The second kappa shape index (κ2) is 5.83. The second-order valence-electron chi connectivity index (χ2n) is 4.98. The molecule has 0 aromatic carbocycles. The Morgan fingerprint density at radius 1 is 1.60 bits per heavy atom. The number of hydrogen-bond acceptors (Lipinski definition) is 3. The van der Waals surface area contributed by atoms with Gasteiger partial charge in [-0.15, -0.1) is 0 Å². The SMILES string of the molecule is CCC(COC)NC1CCCC1(C)CO. The Bertz CT molecular complexity index is 186. The van der Waals surface area contributed by atoms with Crippen molar-refractivity contribution in [3.8, 4) is 0 Å². The van der Waals surface area contributed by atoms with Crippen molar-refractivity contribution < 1.29 is 9.84 Å². The van der Waals surface area contributed by atoms with E-state index < -0.39 is 0 Å². The summed E-state index contributed by atoms with van der Waals surface area (Å²) in [6, 6.07) is 0.867. The summed E-state index contributed by atoms with van der Waals surface area (Å²) in [6.45, 7) is 5.39. The van der Waals surface area contributed by atoms with Crippen molar-refractivity contribution in [2.24, 2.45) is 5.41 Å². The summed E-state index contributed by atoms with van der Waals surface area (Å²) < 4.78 is 5.18. The monoisotopic (exact) mass is 215 g/mol. The van der Waals surface area contributed by atoms with Gasteiger partial charge in [0.1, 0.15) is 0 Å². The number of rotatable bonds is 6. The molecule has 0 saturated heterocycles. The third-order valence-corrected chi connectivity index (χ3v) is 3.74. The van der Waals surface area contributed by atoms with Crippen LogP contribution in [0.1, 0.15) is 39.5 Å². The minimum atomic E-state index is 0.0706. The number of nitrogens with one attached hydrogen (secondary N) is 1. The molecule has 0 aromatic heterocycles. The first-order valence-electron chi connectivity index (χ1n) is 6.02. The van der Waals surface area contributed by atoms with Gasteiger partial charge in [0.05, 0.1) is 6.61 Å². The highest BCUT2D eigenvalue weighted by Gasteiger charge is 2.38. The summed E-state index contributed by atoms with van der Waals surface area (Å²) in [5.41, 5.74) is 0.0706. The van der Waals surface area contributed by atoms with Crippen LogP contribution in [0.15, 0.2) is 0 Å².